The highest BCUT2D eigenvalue weighted by molar-refractivity contribution is 5.28. The minimum atomic E-state index is 0.644. The van der Waals surface area contributed by atoms with Crippen LogP contribution in [0, 0.1) is 0 Å². The van der Waals surface area contributed by atoms with Gasteiger partial charge in [-0.3, -0.25) is 0 Å². The molecule has 1 aromatic heterocycles. The van der Waals surface area contributed by atoms with Gasteiger partial charge in [0.15, 0.2) is 0 Å². The summed E-state index contributed by atoms with van der Waals surface area (Å²) >= 11 is 0. The number of nitrogens with one attached hydrogen (secondary N) is 1. The second kappa shape index (κ2) is 5.95. The van der Waals surface area contributed by atoms with Gasteiger partial charge < -0.3 is 14.8 Å². The van der Waals surface area contributed by atoms with Crippen LogP contribution in [0.1, 0.15) is 44.9 Å². The highest BCUT2D eigenvalue weighted by Crippen LogP contribution is 2.23. The molecule has 1 N–H and O–H groups in total. The summed E-state index contributed by atoms with van der Waals surface area (Å²) in [6, 6.07) is 1.32. The third-order valence-electron chi connectivity index (χ3n) is 4.73. The quantitative estimate of drug-likeness (QED) is 0.905. The summed E-state index contributed by atoms with van der Waals surface area (Å²) < 4.78 is 2.31. The van der Waals surface area contributed by atoms with Crippen molar-refractivity contribution in [3.63, 3.8) is 0 Å². The lowest BCUT2D eigenvalue weighted by Crippen LogP contribution is -2.39. The summed E-state index contributed by atoms with van der Waals surface area (Å²) in [7, 11) is 2.25. The summed E-state index contributed by atoms with van der Waals surface area (Å²) in [6.07, 6.45) is 13.4. The van der Waals surface area contributed by atoms with Gasteiger partial charge in [-0.05, 0) is 39.3 Å². The van der Waals surface area contributed by atoms with E-state index in [4.69, 9.17) is 0 Å². The molecule has 0 radical (unpaired) electrons. The molecular formula is C15H26N4. The van der Waals surface area contributed by atoms with Crippen molar-refractivity contribution in [1.29, 1.82) is 0 Å². The molecule has 1 aromatic rings. The highest BCUT2D eigenvalue weighted by Gasteiger charge is 2.21. The highest BCUT2D eigenvalue weighted by atomic mass is 15.2. The van der Waals surface area contributed by atoms with Gasteiger partial charge in [0.1, 0.15) is 0 Å². The maximum absolute atomic E-state index is 4.50. The normalized spacial score (nSPS) is 25.8. The average molecular weight is 262 g/mol. The molecule has 0 aromatic carbocycles. The van der Waals surface area contributed by atoms with Gasteiger partial charge in [-0.15, -0.1) is 0 Å². The van der Waals surface area contributed by atoms with E-state index in [1.165, 1.54) is 51.5 Å². The van der Waals surface area contributed by atoms with Crippen molar-refractivity contribution in [2.24, 2.45) is 0 Å². The fraction of sp³-hybridized carbons (Fsp3) is 0.800. The Bertz CT molecular complexity index is 395. The lowest BCUT2D eigenvalue weighted by atomic mass is 10.0. The van der Waals surface area contributed by atoms with Crippen LogP contribution in [0.15, 0.2) is 12.4 Å². The molecule has 1 aliphatic carbocycles. The predicted octanol–water partition coefficient (Wildman–Crippen LogP) is 2.72. The van der Waals surface area contributed by atoms with Crippen LogP contribution in [0.3, 0.4) is 0 Å². The van der Waals surface area contributed by atoms with Crippen LogP contribution in [0.25, 0.3) is 0 Å². The van der Waals surface area contributed by atoms with Crippen LogP contribution in [0.5, 0.6) is 0 Å². The summed E-state index contributed by atoms with van der Waals surface area (Å²) in [5.41, 5.74) is 0. The number of hydrogen-bond donors (Lipinski definition) is 1. The first-order valence-corrected chi connectivity index (χ1v) is 7.81. The minimum Gasteiger partial charge on any atom is -0.353 e. The van der Waals surface area contributed by atoms with Crippen LogP contribution < -0.4 is 5.32 Å². The Hall–Kier alpha value is -1.03. The SMILES string of the molecule is CN1CCCCC1Cn1ccnc1NC1CCCC1. The van der Waals surface area contributed by atoms with Crippen LogP contribution in [0.2, 0.25) is 0 Å². The van der Waals surface area contributed by atoms with Crippen LogP contribution in [-0.4, -0.2) is 40.1 Å². The van der Waals surface area contributed by atoms with Crippen LogP contribution >= 0.6 is 0 Å². The Morgan fingerprint density at radius 2 is 2.00 bits per heavy atom. The van der Waals surface area contributed by atoms with Gasteiger partial charge in [-0.25, -0.2) is 4.98 Å². The van der Waals surface area contributed by atoms with Crippen molar-refractivity contribution >= 4 is 5.95 Å². The Labute approximate surface area is 116 Å². The van der Waals surface area contributed by atoms with E-state index in [2.05, 4.69) is 33.0 Å². The van der Waals surface area contributed by atoms with E-state index in [1.54, 1.807) is 0 Å². The molecule has 1 saturated carbocycles. The Balaban J connectivity index is 1.62. The van der Waals surface area contributed by atoms with Crippen molar-refractivity contribution < 1.29 is 0 Å². The summed E-state index contributed by atoms with van der Waals surface area (Å²) in [6.45, 7) is 2.32. The standard InChI is InChI=1S/C15H26N4/c1-18-10-5-4-8-14(18)12-19-11-9-16-15(19)17-13-6-2-3-7-13/h9,11,13-14H,2-8,10,12H2,1H3,(H,16,17). The first-order valence-electron chi connectivity index (χ1n) is 7.81. The van der Waals surface area contributed by atoms with E-state index in [0.29, 0.717) is 12.1 Å². The average Bonchev–Trinajstić information content (AvgIpc) is 3.06. The first kappa shape index (κ1) is 13.0. The number of likely N-dealkylation sites (N-methyl/N-ethyl adjacent to an activating group) is 1. The summed E-state index contributed by atoms with van der Waals surface area (Å²) in [5.74, 6) is 1.07. The van der Waals surface area contributed by atoms with Crippen LogP contribution in [0.4, 0.5) is 5.95 Å². The smallest absolute Gasteiger partial charge is 0.203 e. The zero-order valence-electron chi connectivity index (χ0n) is 12.0. The molecule has 1 saturated heterocycles. The largest absolute Gasteiger partial charge is 0.353 e. The second-order valence-corrected chi connectivity index (χ2v) is 6.16. The van der Waals surface area contributed by atoms with Crippen molar-refractivity contribution in [3.8, 4) is 0 Å². The molecule has 1 aliphatic heterocycles. The monoisotopic (exact) mass is 262 g/mol. The van der Waals surface area contributed by atoms with E-state index >= 15 is 0 Å². The van der Waals surface area contributed by atoms with Crippen LogP contribution in [-0.2, 0) is 6.54 Å². The van der Waals surface area contributed by atoms with Gasteiger partial charge in [0.25, 0.3) is 0 Å². The second-order valence-electron chi connectivity index (χ2n) is 6.16. The van der Waals surface area contributed by atoms with Crippen molar-refractivity contribution in [2.75, 3.05) is 18.9 Å². The molecule has 2 fully saturated rings. The maximum atomic E-state index is 4.50. The number of hydrogen-bond acceptors (Lipinski definition) is 3. The summed E-state index contributed by atoms with van der Waals surface area (Å²) in [4.78, 5) is 7.01. The lowest BCUT2D eigenvalue weighted by Gasteiger charge is -2.33. The number of imidazole rings is 1. The van der Waals surface area contributed by atoms with E-state index in [-0.39, 0.29) is 0 Å². The minimum absolute atomic E-state index is 0.644. The molecule has 19 heavy (non-hydrogen) atoms. The third-order valence-corrected chi connectivity index (χ3v) is 4.73. The predicted molar refractivity (Wildman–Crippen MR) is 78.4 cm³/mol. The van der Waals surface area contributed by atoms with Crippen molar-refractivity contribution in [3.05, 3.63) is 12.4 Å². The molecule has 1 unspecified atom stereocenters. The van der Waals surface area contributed by atoms with Crippen molar-refractivity contribution in [2.45, 2.75) is 63.6 Å². The zero-order chi connectivity index (χ0) is 13.1. The molecule has 3 rings (SSSR count). The molecule has 1 atom stereocenters. The molecule has 0 amide bonds. The Morgan fingerprint density at radius 3 is 2.79 bits per heavy atom. The molecular weight excluding hydrogens is 236 g/mol. The van der Waals surface area contributed by atoms with Gasteiger partial charge in [0.05, 0.1) is 0 Å². The fourth-order valence-corrected chi connectivity index (χ4v) is 3.45. The Morgan fingerprint density at radius 1 is 1.21 bits per heavy atom. The maximum Gasteiger partial charge on any atom is 0.203 e. The van der Waals surface area contributed by atoms with Crippen molar-refractivity contribution in [1.82, 2.24) is 14.5 Å². The van der Waals surface area contributed by atoms with E-state index in [9.17, 15) is 0 Å². The molecule has 2 aliphatic rings. The van der Waals surface area contributed by atoms with Gasteiger partial charge in [0, 0.05) is 31.0 Å². The Kier molecular flexibility index (Phi) is 4.06. The number of anilines is 1. The number of aromatic nitrogens is 2. The van der Waals surface area contributed by atoms with Gasteiger partial charge >= 0.3 is 0 Å². The fourth-order valence-electron chi connectivity index (χ4n) is 3.45. The number of likely N-dealkylation sites (tertiary alicyclic amines) is 1. The van der Waals surface area contributed by atoms with E-state index < -0.39 is 0 Å². The zero-order valence-corrected chi connectivity index (χ0v) is 12.0. The summed E-state index contributed by atoms with van der Waals surface area (Å²) in [5, 5.41) is 3.63. The topological polar surface area (TPSA) is 33.1 Å². The van der Waals surface area contributed by atoms with Gasteiger partial charge in [-0.2, -0.15) is 0 Å². The molecule has 4 nitrogen and oxygen atoms in total. The lowest BCUT2D eigenvalue weighted by molar-refractivity contribution is 0.168. The molecule has 106 valence electrons. The number of nitrogens with zero attached hydrogens (tertiary/aromatic N) is 3. The van der Waals surface area contributed by atoms with Gasteiger partial charge in [0.2, 0.25) is 5.95 Å². The van der Waals surface area contributed by atoms with Gasteiger partial charge in [-0.1, -0.05) is 19.3 Å². The number of piperidine rings is 1. The molecule has 0 spiro atoms. The van der Waals surface area contributed by atoms with E-state index in [1.807, 2.05) is 6.20 Å². The third kappa shape index (κ3) is 3.11. The van der Waals surface area contributed by atoms with E-state index in [0.717, 1.165) is 12.5 Å². The number of rotatable bonds is 4. The molecule has 4 heteroatoms. The molecule has 2 heterocycles. The first-order chi connectivity index (χ1) is 9.33. The molecule has 0 bridgehead atoms.